The number of amides is 1. The molecule has 3 aromatic rings. The van der Waals surface area contributed by atoms with E-state index in [1.54, 1.807) is 13.0 Å². The Labute approximate surface area is 158 Å². The number of hydrogen-bond acceptors (Lipinski definition) is 4. The second kappa shape index (κ2) is 7.48. The number of aromatic nitrogens is 3. The van der Waals surface area contributed by atoms with Gasteiger partial charge in [-0.2, -0.15) is 0 Å². The number of piperidine rings is 1. The number of nitrogens with zero attached hydrogens (tertiary/aromatic N) is 3. The van der Waals surface area contributed by atoms with Crippen molar-refractivity contribution in [2.45, 2.75) is 32.7 Å². The number of nitrogens with two attached hydrogens (primary N) is 1. The summed E-state index contributed by atoms with van der Waals surface area (Å²) in [6.07, 6.45) is 5.20. The first-order valence-corrected chi connectivity index (χ1v) is 9.49. The van der Waals surface area contributed by atoms with Gasteiger partial charge in [0.25, 0.3) is 5.91 Å². The van der Waals surface area contributed by atoms with Crippen molar-refractivity contribution < 1.29 is 4.79 Å². The fourth-order valence-corrected chi connectivity index (χ4v) is 4.07. The largest absolute Gasteiger partial charge is 0.364 e. The van der Waals surface area contributed by atoms with Gasteiger partial charge in [-0.05, 0) is 67.8 Å². The van der Waals surface area contributed by atoms with E-state index in [-0.39, 0.29) is 0 Å². The summed E-state index contributed by atoms with van der Waals surface area (Å²) in [5, 5.41) is 1.25. The maximum Gasteiger partial charge on any atom is 0.267 e. The number of aryl methyl sites for hydroxylation is 1. The van der Waals surface area contributed by atoms with Crippen LogP contribution in [0.3, 0.4) is 0 Å². The van der Waals surface area contributed by atoms with E-state index in [0.717, 1.165) is 31.7 Å². The Morgan fingerprint density at radius 1 is 1.30 bits per heavy atom. The van der Waals surface area contributed by atoms with E-state index in [4.69, 9.17) is 5.73 Å². The highest BCUT2D eigenvalue weighted by atomic mass is 16.1. The summed E-state index contributed by atoms with van der Waals surface area (Å²) < 4.78 is 0. The van der Waals surface area contributed by atoms with Gasteiger partial charge in [0, 0.05) is 30.5 Å². The first-order chi connectivity index (χ1) is 13.1. The molecule has 0 spiro atoms. The van der Waals surface area contributed by atoms with Crippen LogP contribution in [-0.4, -0.2) is 38.8 Å². The van der Waals surface area contributed by atoms with Crippen LogP contribution in [0.25, 0.3) is 10.9 Å². The Kier molecular flexibility index (Phi) is 4.90. The third-order valence-electron chi connectivity index (χ3n) is 5.27. The average molecular weight is 363 g/mol. The molecule has 1 aliphatic rings. The van der Waals surface area contributed by atoms with Crippen LogP contribution >= 0.6 is 0 Å². The van der Waals surface area contributed by atoms with Crippen LogP contribution in [0.4, 0.5) is 0 Å². The van der Waals surface area contributed by atoms with Gasteiger partial charge < -0.3 is 10.7 Å². The quantitative estimate of drug-likeness (QED) is 0.730. The number of rotatable bonds is 5. The number of fused-ring (bicyclic) bond motifs is 1. The zero-order valence-corrected chi connectivity index (χ0v) is 15.6. The van der Waals surface area contributed by atoms with Crippen molar-refractivity contribution in [3.8, 4) is 0 Å². The van der Waals surface area contributed by atoms with Gasteiger partial charge in [0.05, 0.1) is 0 Å². The molecule has 140 valence electrons. The molecule has 1 saturated heterocycles. The predicted octanol–water partition coefficient (Wildman–Crippen LogP) is 2.82. The van der Waals surface area contributed by atoms with Gasteiger partial charge in [-0.1, -0.05) is 12.1 Å². The van der Waals surface area contributed by atoms with E-state index in [1.807, 2.05) is 6.20 Å². The highest BCUT2D eigenvalue weighted by Crippen LogP contribution is 2.23. The van der Waals surface area contributed by atoms with Crippen molar-refractivity contribution in [2.75, 3.05) is 13.1 Å². The summed E-state index contributed by atoms with van der Waals surface area (Å²) in [4.78, 5) is 25.9. The molecule has 3 N–H and O–H groups in total. The molecule has 4 rings (SSSR count). The van der Waals surface area contributed by atoms with Crippen LogP contribution in [0, 0.1) is 12.8 Å². The number of likely N-dealkylation sites (tertiary alicyclic amines) is 1. The van der Waals surface area contributed by atoms with Crippen LogP contribution in [0.15, 0.2) is 36.5 Å². The van der Waals surface area contributed by atoms with Crippen LogP contribution in [0.5, 0.6) is 0 Å². The molecule has 1 fully saturated rings. The standard InChI is InChI=1S/C21H25N5O/c1-14-24-18(11-20(25-14)21(22)27)9-15-3-2-8-26(12-15)13-16-4-5-17-6-7-23-19(17)10-16/h4-7,10-11,15,23H,2-3,8-9,12-13H2,1H3,(H2,22,27). The molecule has 1 aromatic carbocycles. The zero-order valence-electron chi connectivity index (χ0n) is 15.6. The van der Waals surface area contributed by atoms with Gasteiger partial charge in [-0.3, -0.25) is 9.69 Å². The van der Waals surface area contributed by atoms with Gasteiger partial charge in [0.1, 0.15) is 11.5 Å². The topological polar surface area (TPSA) is 87.9 Å². The van der Waals surface area contributed by atoms with Crippen LogP contribution < -0.4 is 5.73 Å². The van der Waals surface area contributed by atoms with Gasteiger partial charge in [-0.25, -0.2) is 9.97 Å². The molecule has 1 amide bonds. The van der Waals surface area contributed by atoms with E-state index in [1.165, 1.54) is 29.3 Å². The number of carbonyl (C=O) groups excluding carboxylic acids is 1. The van der Waals surface area contributed by atoms with Crippen LogP contribution in [0.2, 0.25) is 0 Å². The van der Waals surface area contributed by atoms with Crippen LogP contribution in [0.1, 0.15) is 40.4 Å². The Morgan fingerprint density at radius 3 is 3.04 bits per heavy atom. The van der Waals surface area contributed by atoms with Crippen molar-refractivity contribution in [1.82, 2.24) is 19.9 Å². The van der Waals surface area contributed by atoms with E-state index >= 15 is 0 Å². The van der Waals surface area contributed by atoms with E-state index in [0.29, 0.717) is 17.4 Å². The molecule has 6 nitrogen and oxygen atoms in total. The summed E-state index contributed by atoms with van der Waals surface area (Å²) in [5.41, 5.74) is 9.13. The summed E-state index contributed by atoms with van der Waals surface area (Å²) in [5.74, 6) is 0.642. The monoisotopic (exact) mass is 363 g/mol. The summed E-state index contributed by atoms with van der Waals surface area (Å²) in [7, 11) is 0. The molecule has 2 aromatic heterocycles. The maximum absolute atomic E-state index is 11.4. The van der Waals surface area contributed by atoms with Crippen molar-refractivity contribution >= 4 is 16.8 Å². The number of aromatic amines is 1. The third kappa shape index (κ3) is 4.17. The minimum atomic E-state index is -0.494. The van der Waals surface area contributed by atoms with E-state index in [2.05, 4.69) is 44.1 Å². The number of primary amides is 1. The molecule has 3 heterocycles. The normalized spacial score (nSPS) is 18.0. The average Bonchev–Trinajstić information content (AvgIpc) is 3.09. The summed E-state index contributed by atoms with van der Waals surface area (Å²) >= 11 is 0. The zero-order chi connectivity index (χ0) is 18.8. The second-order valence-electron chi connectivity index (χ2n) is 7.50. The van der Waals surface area contributed by atoms with Gasteiger partial charge in [0.2, 0.25) is 0 Å². The van der Waals surface area contributed by atoms with Crippen molar-refractivity contribution in [1.29, 1.82) is 0 Å². The Bertz CT molecular complexity index is 964. The van der Waals surface area contributed by atoms with E-state index < -0.39 is 5.91 Å². The Morgan fingerprint density at radius 2 is 2.19 bits per heavy atom. The molecular formula is C21H25N5O. The number of hydrogen-bond donors (Lipinski definition) is 2. The lowest BCUT2D eigenvalue weighted by molar-refractivity contribution is 0.0995. The van der Waals surface area contributed by atoms with Crippen LogP contribution in [-0.2, 0) is 13.0 Å². The van der Waals surface area contributed by atoms with Gasteiger partial charge in [-0.15, -0.1) is 0 Å². The molecule has 1 atom stereocenters. The molecule has 6 heteroatoms. The molecule has 1 unspecified atom stereocenters. The fraction of sp³-hybridized carbons (Fsp3) is 0.381. The van der Waals surface area contributed by atoms with Crippen molar-refractivity contribution in [2.24, 2.45) is 11.7 Å². The maximum atomic E-state index is 11.4. The highest BCUT2D eigenvalue weighted by Gasteiger charge is 2.21. The predicted molar refractivity (Wildman–Crippen MR) is 105 cm³/mol. The minimum absolute atomic E-state index is 0.310. The van der Waals surface area contributed by atoms with Crippen molar-refractivity contribution in [3.05, 3.63) is 59.3 Å². The minimum Gasteiger partial charge on any atom is -0.364 e. The molecule has 0 bridgehead atoms. The number of H-pyrrole nitrogens is 1. The molecule has 27 heavy (non-hydrogen) atoms. The summed E-state index contributed by atoms with van der Waals surface area (Å²) in [6, 6.07) is 10.5. The smallest absolute Gasteiger partial charge is 0.267 e. The lowest BCUT2D eigenvalue weighted by Gasteiger charge is -2.32. The summed E-state index contributed by atoms with van der Waals surface area (Å²) in [6.45, 7) is 4.92. The van der Waals surface area contributed by atoms with E-state index in [9.17, 15) is 4.79 Å². The molecule has 0 saturated carbocycles. The van der Waals surface area contributed by atoms with Crippen molar-refractivity contribution in [3.63, 3.8) is 0 Å². The molecular weight excluding hydrogens is 338 g/mol. The first kappa shape index (κ1) is 17.7. The second-order valence-corrected chi connectivity index (χ2v) is 7.50. The lowest BCUT2D eigenvalue weighted by atomic mass is 9.92. The fourth-order valence-electron chi connectivity index (χ4n) is 4.07. The Balaban J connectivity index is 1.42. The SMILES string of the molecule is Cc1nc(CC2CCCN(Cc3ccc4cc[nH]c4c3)C2)cc(C(N)=O)n1. The molecule has 0 radical (unpaired) electrons. The number of carbonyl (C=O) groups is 1. The van der Waals surface area contributed by atoms with Gasteiger partial charge in [0.15, 0.2) is 0 Å². The highest BCUT2D eigenvalue weighted by molar-refractivity contribution is 5.90. The first-order valence-electron chi connectivity index (χ1n) is 9.49. The Hall–Kier alpha value is -2.73. The third-order valence-corrected chi connectivity index (χ3v) is 5.27. The number of benzene rings is 1. The lowest BCUT2D eigenvalue weighted by Crippen LogP contribution is -2.35. The number of nitrogens with one attached hydrogen (secondary N) is 1. The molecule has 1 aliphatic heterocycles. The van der Waals surface area contributed by atoms with Gasteiger partial charge >= 0.3 is 0 Å². The molecule has 0 aliphatic carbocycles.